The molecule has 0 fully saturated rings. The first-order chi connectivity index (χ1) is 14.1. The molecule has 7 heteroatoms. The number of hydrogen-bond donors (Lipinski definition) is 1. The fourth-order valence-electron chi connectivity index (χ4n) is 3.10. The van der Waals surface area contributed by atoms with Gasteiger partial charge in [0.05, 0.1) is 13.0 Å². The van der Waals surface area contributed by atoms with Gasteiger partial charge in [0.1, 0.15) is 11.9 Å². The van der Waals surface area contributed by atoms with Crippen molar-refractivity contribution in [3.05, 3.63) is 53.6 Å². The van der Waals surface area contributed by atoms with E-state index in [2.05, 4.69) is 4.98 Å². The van der Waals surface area contributed by atoms with Gasteiger partial charge < -0.3 is 14.6 Å². The Kier molecular flexibility index (Phi) is 7.92. The maximum atomic E-state index is 13.1. The Labute approximate surface area is 176 Å². The average molecular weight is 417 g/mol. The first-order valence-electron chi connectivity index (χ1n) is 9.86. The number of hydrogen-bond acceptors (Lipinski definition) is 6. The molecule has 0 aliphatic heterocycles. The van der Waals surface area contributed by atoms with Gasteiger partial charge in [-0.25, -0.2) is 9.37 Å². The van der Waals surface area contributed by atoms with Crippen molar-refractivity contribution in [3.8, 4) is 11.5 Å². The zero-order valence-corrected chi connectivity index (χ0v) is 17.9. The first-order valence-corrected chi connectivity index (χ1v) is 9.86. The van der Waals surface area contributed by atoms with E-state index in [0.717, 1.165) is 5.56 Å². The molecule has 1 aromatic heterocycles. The molecule has 162 valence electrons. The van der Waals surface area contributed by atoms with Gasteiger partial charge in [0.2, 0.25) is 0 Å². The number of rotatable bonds is 9. The van der Waals surface area contributed by atoms with Crippen LogP contribution in [-0.4, -0.2) is 35.1 Å². The van der Waals surface area contributed by atoms with Gasteiger partial charge in [-0.3, -0.25) is 9.59 Å². The number of carbonyl (C=O) groups excluding carboxylic acids is 2. The number of methoxy groups -OCH3 is 1. The standard InChI is InChI=1S/C23H28FNO5/c1-13(2)18(12-19(26)21-22(27)20(29-5)10-11-25-21)23(28)30-15(4)14(3)16-6-8-17(24)9-7-16/h6-11,13-15,18,27H,12H2,1-5H3/t14-,15+,18-/m0/s1. The predicted molar refractivity (Wildman–Crippen MR) is 110 cm³/mol. The maximum Gasteiger partial charge on any atom is 0.309 e. The molecule has 1 N–H and O–H groups in total. The highest BCUT2D eigenvalue weighted by Gasteiger charge is 2.31. The molecule has 1 heterocycles. The smallest absolute Gasteiger partial charge is 0.309 e. The van der Waals surface area contributed by atoms with Crippen LogP contribution in [0.25, 0.3) is 0 Å². The van der Waals surface area contributed by atoms with E-state index in [9.17, 15) is 19.1 Å². The van der Waals surface area contributed by atoms with E-state index in [0.29, 0.717) is 0 Å². The summed E-state index contributed by atoms with van der Waals surface area (Å²) in [6, 6.07) is 7.49. The van der Waals surface area contributed by atoms with Crippen molar-refractivity contribution < 1.29 is 28.6 Å². The monoisotopic (exact) mass is 417 g/mol. The number of aromatic hydroxyl groups is 1. The van der Waals surface area contributed by atoms with Crippen LogP contribution >= 0.6 is 0 Å². The third-order valence-electron chi connectivity index (χ3n) is 5.29. The molecule has 0 saturated carbocycles. The lowest BCUT2D eigenvalue weighted by atomic mass is 9.89. The van der Waals surface area contributed by atoms with Gasteiger partial charge in [-0.05, 0) is 30.5 Å². The molecule has 0 bridgehead atoms. The predicted octanol–water partition coefficient (Wildman–Crippen LogP) is 4.52. The summed E-state index contributed by atoms with van der Waals surface area (Å²) in [4.78, 5) is 29.5. The molecule has 0 aliphatic rings. The first kappa shape index (κ1) is 23.3. The summed E-state index contributed by atoms with van der Waals surface area (Å²) in [7, 11) is 1.38. The van der Waals surface area contributed by atoms with E-state index < -0.39 is 23.8 Å². The van der Waals surface area contributed by atoms with E-state index in [1.54, 1.807) is 19.1 Å². The SMILES string of the molecule is COc1ccnc(C(=O)C[C@H](C(=O)O[C@H](C)[C@H](C)c2ccc(F)cc2)C(C)C)c1O. The maximum absolute atomic E-state index is 13.1. The summed E-state index contributed by atoms with van der Waals surface area (Å²) in [5.74, 6) is -2.53. The number of ketones is 1. The van der Waals surface area contributed by atoms with Crippen molar-refractivity contribution in [1.29, 1.82) is 0 Å². The lowest BCUT2D eigenvalue weighted by Gasteiger charge is -2.25. The molecule has 2 rings (SSSR count). The van der Waals surface area contributed by atoms with Crippen LogP contribution < -0.4 is 4.74 Å². The van der Waals surface area contributed by atoms with Crippen molar-refractivity contribution in [2.75, 3.05) is 7.11 Å². The fraction of sp³-hybridized carbons (Fsp3) is 0.435. The second-order valence-corrected chi connectivity index (χ2v) is 7.67. The number of benzene rings is 1. The largest absolute Gasteiger partial charge is 0.503 e. The molecule has 6 nitrogen and oxygen atoms in total. The molecule has 0 aliphatic carbocycles. The lowest BCUT2D eigenvalue weighted by molar-refractivity contribution is -0.155. The highest BCUT2D eigenvalue weighted by Crippen LogP contribution is 2.31. The van der Waals surface area contributed by atoms with E-state index in [-0.39, 0.29) is 41.3 Å². The van der Waals surface area contributed by atoms with Gasteiger partial charge in [-0.1, -0.05) is 32.9 Å². The van der Waals surface area contributed by atoms with Crippen molar-refractivity contribution in [2.24, 2.45) is 11.8 Å². The number of nitrogens with zero attached hydrogens (tertiary/aromatic N) is 1. The highest BCUT2D eigenvalue weighted by atomic mass is 19.1. The Hall–Kier alpha value is -2.96. The zero-order chi connectivity index (χ0) is 22.4. The van der Waals surface area contributed by atoms with Gasteiger partial charge in [-0.15, -0.1) is 0 Å². The Morgan fingerprint density at radius 1 is 1.10 bits per heavy atom. The zero-order valence-electron chi connectivity index (χ0n) is 17.9. The van der Waals surface area contributed by atoms with Crippen LogP contribution in [0.4, 0.5) is 4.39 Å². The second kappa shape index (κ2) is 10.2. The number of esters is 1. The minimum atomic E-state index is -0.701. The van der Waals surface area contributed by atoms with Crippen molar-refractivity contribution in [3.63, 3.8) is 0 Å². The number of Topliss-reactive ketones (excluding diaryl/α,β-unsaturated/α-hetero) is 1. The van der Waals surface area contributed by atoms with E-state index >= 15 is 0 Å². The van der Waals surface area contributed by atoms with Crippen molar-refractivity contribution in [2.45, 2.75) is 46.1 Å². The molecule has 0 spiro atoms. The molecule has 0 amide bonds. The van der Waals surface area contributed by atoms with Gasteiger partial charge in [0.25, 0.3) is 0 Å². The van der Waals surface area contributed by atoms with Gasteiger partial charge >= 0.3 is 5.97 Å². The molecule has 0 unspecified atom stereocenters. The normalized spacial score (nSPS) is 14.1. The van der Waals surface area contributed by atoms with Crippen LogP contribution in [0.2, 0.25) is 0 Å². The molecular weight excluding hydrogens is 389 g/mol. The van der Waals surface area contributed by atoms with E-state index in [4.69, 9.17) is 9.47 Å². The molecule has 30 heavy (non-hydrogen) atoms. The van der Waals surface area contributed by atoms with Crippen molar-refractivity contribution >= 4 is 11.8 Å². The van der Waals surface area contributed by atoms with Crippen LogP contribution in [0.1, 0.15) is 56.1 Å². The Bertz CT molecular complexity index is 882. The fourth-order valence-corrected chi connectivity index (χ4v) is 3.10. The van der Waals surface area contributed by atoms with Gasteiger partial charge in [0, 0.05) is 24.6 Å². The Balaban J connectivity index is 2.11. The minimum absolute atomic E-state index is 0.138. The molecular formula is C23H28FNO5. The third-order valence-corrected chi connectivity index (χ3v) is 5.29. The summed E-state index contributed by atoms with van der Waals surface area (Å²) in [6.07, 6.45) is 0.741. The molecule has 0 saturated heterocycles. The molecule has 2 aromatic rings. The minimum Gasteiger partial charge on any atom is -0.503 e. The number of carbonyl (C=O) groups is 2. The van der Waals surface area contributed by atoms with Gasteiger partial charge in [-0.2, -0.15) is 0 Å². The number of aromatic nitrogens is 1. The highest BCUT2D eigenvalue weighted by molar-refractivity contribution is 5.99. The topological polar surface area (TPSA) is 85.7 Å². The Morgan fingerprint density at radius 2 is 1.73 bits per heavy atom. The lowest BCUT2D eigenvalue weighted by Crippen LogP contribution is -2.30. The van der Waals surface area contributed by atoms with Crippen LogP contribution in [0.5, 0.6) is 11.5 Å². The van der Waals surface area contributed by atoms with E-state index in [1.807, 2.05) is 20.8 Å². The van der Waals surface area contributed by atoms with Crippen LogP contribution in [0.15, 0.2) is 36.5 Å². The van der Waals surface area contributed by atoms with Crippen LogP contribution in [0.3, 0.4) is 0 Å². The van der Waals surface area contributed by atoms with Gasteiger partial charge in [0.15, 0.2) is 23.0 Å². The summed E-state index contributed by atoms with van der Waals surface area (Å²) in [6.45, 7) is 7.30. The Morgan fingerprint density at radius 3 is 2.30 bits per heavy atom. The average Bonchev–Trinajstić information content (AvgIpc) is 2.71. The summed E-state index contributed by atoms with van der Waals surface area (Å²) in [5.41, 5.74) is 0.708. The summed E-state index contributed by atoms with van der Waals surface area (Å²) >= 11 is 0. The quantitative estimate of drug-likeness (QED) is 0.477. The number of halogens is 1. The summed E-state index contributed by atoms with van der Waals surface area (Å²) < 4.78 is 23.8. The van der Waals surface area contributed by atoms with Crippen LogP contribution in [-0.2, 0) is 9.53 Å². The number of ether oxygens (including phenoxy) is 2. The molecule has 3 atom stereocenters. The molecule has 0 radical (unpaired) electrons. The number of pyridine rings is 1. The summed E-state index contributed by atoms with van der Waals surface area (Å²) in [5, 5.41) is 10.2. The second-order valence-electron chi connectivity index (χ2n) is 7.67. The van der Waals surface area contributed by atoms with Crippen molar-refractivity contribution in [1.82, 2.24) is 4.98 Å². The van der Waals surface area contributed by atoms with Crippen LogP contribution in [0, 0.1) is 17.7 Å². The third kappa shape index (κ3) is 5.55. The molecule has 1 aromatic carbocycles. The van der Waals surface area contributed by atoms with E-state index in [1.165, 1.54) is 31.5 Å².